The summed E-state index contributed by atoms with van der Waals surface area (Å²) in [7, 11) is 0. The normalized spacial score (nSPS) is 11.9. The lowest BCUT2D eigenvalue weighted by atomic mass is 9.81. The Morgan fingerprint density at radius 1 is 1.00 bits per heavy atom. The number of carbonyl (C=O) groups excluding carboxylic acids is 2. The molecule has 0 atom stereocenters. The molecule has 0 aromatic heterocycles. The molecule has 0 radical (unpaired) electrons. The van der Waals surface area contributed by atoms with Crippen LogP contribution in [-0.2, 0) is 11.3 Å². The van der Waals surface area contributed by atoms with E-state index in [-0.39, 0.29) is 22.8 Å². The first-order valence-electron chi connectivity index (χ1n) is 7.64. The maximum absolute atomic E-state index is 12.3. The maximum Gasteiger partial charge on any atom is 0.251 e. The van der Waals surface area contributed by atoms with Crippen LogP contribution in [0.2, 0.25) is 0 Å². The van der Waals surface area contributed by atoms with Crippen LogP contribution in [0.3, 0.4) is 0 Å². The summed E-state index contributed by atoms with van der Waals surface area (Å²) in [5, 5.41) is 5.83. The predicted molar refractivity (Wildman–Crippen MR) is 89.6 cm³/mol. The molecule has 4 nitrogen and oxygen atoms in total. The zero-order chi connectivity index (χ0) is 17.0. The standard InChI is InChI=1S/C18H28N2O2/c1-13(21)19-11-14-7-9-15(10-8-14)16(22)20-18(5,6)12-17(2,3)4/h7-10H,11-12H2,1-6H3,(H,19,21)(H,20,22). The van der Waals surface area contributed by atoms with E-state index in [0.29, 0.717) is 12.1 Å². The van der Waals surface area contributed by atoms with Gasteiger partial charge >= 0.3 is 0 Å². The van der Waals surface area contributed by atoms with Crippen LogP contribution in [0, 0.1) is 5.41 Å². The minimum atomic E-state index is -0.260. The minimum absolute atomic E-state index is 0.0641. The van der Waals surface area contributed by atoms with Crippen LogP contribution in [0.1, 0.15) is 63.9 Å². The molecule has 0 aliphatic rings. The monoisotopic (exact) mass is 304 g/mol. The average molecular weight is 304 g/mol. The van der Waals surface area contributed by atoms with Crippen molar-refractivity contribution in [2.45, 2.75) is 60.0 Å². The first kappa shape index (κ1) is 18.2. The van der Waals surface area contributed by atoms with Crippen LogP contribution in [0.15, 0.2) is 24.3 Å². The van der Waals surface area contributed by atoms with Crippen LogP contribution in [0.25, 0.3) is 0 Å². The van der Waals surface area contributed by atoms with Crippen molar-refractivity contribution in [3.05, 3.63) is 35.4 Å². The average Bonchev–Trinajstić information content (AvgIpc) is 2.33. The molecule has 0 unspecified atom stereocenters. The summed E-state index contributed by atoms with van der Waals surface area (Å²) in [5.74, 6) is -0.133. The molecule has 0 saturated heterocycles. The van der Waals surface area contributed by atoms with Gasteiger partial charge in [0.05, 0.1) is 0 Å². The van der Waals surface area contributed by atoms with Gasteiger partial charge in [0.15, 0.2) is 0 Å². The van der Waals surface area contributed by atoms with E-state index in [1.807, 2.05) is 26.0 Å². The van der Waals surface area contributed by atoms with Gasteiger partial charge in [-0.25, -0.2) is 0 Å². The number of hydrogen-bond acceptors (Lipinski definition) is 2. The van der Waals surface area contributed by atoms with Crippen molar-refractivity contribution in [3.8, 4) is 0 Å². The molecule has 22 heavy (non-hydrogen) atoms. The van der Waals surface area contributed by atoms with Crippen molar-refractivity contribution in [1.29, 1.82) is 0 Å². The van der Waals surface area contributed by atoms with Gasteiger partial charge in [-0.1, -0.05) is 32.9 Å². The first-order chi connectivity index (χ1) is 9.98. The lowest BCUT2D eigenvalue weighted by molar-refractivity contribution is -0.119. The van der Waals surface area contributed by atoms with Crippen LogP contribution in [-0.4, -0.2) is 17.4 Å². The molecule has 1 aromatic carbocycles. The number of benzene rings is 1. The molecule has 4 heteroatoms. The van der Waals surface area contributed by atoms with Crippen molar-refractivity contribution in [2.75, 3.05) is 0 Å². The third-order valence-corrected chi connectivity index (χ3v) is 3.18. The van der Waals surface area contributed by atoms with Crippen molar-refractivity contribution < 1.29 is 9.59 Å². The smallest absolute Gasteiger partial charge is 0.251 e. The Kier molecular flexibility index (Phi) is 5.75. The van der Waals surface area contributed by atoms with Crippen LogP contribution in [0.5, 0.6) is 0 Å². The quantitative estimate of drug-likeness (QED) is 0.877. The van der Waals surface area contributed by atoms with Crippen molar-refractivity contribution in [2.24, 2.45) is 5.41 Å². The van der Waals surface area contributed by atoms with Gasteiger partial charge in [0.2, 0.25) is 5.91 Å². The second kappa shape index (κ2) is 6.95. The fourth-order valence-electron chi connectivity index (χ4n) is 2.75. The van der Waals surface area contributed by atoms with Gasteiger partial charge in [-0.2, -0.15) is 0 Å². The summed E-state index contributed by atoms with van der Waals surface area (Å²) in [6.07, 6.45) is 0.895. The van der Waals surface area contributed by atoms with Gasteiger partial charge in [0.25, 0.3) is 5.91 Å². The van der Waals surface area contributed by atoms with E-state index in [1.165, 1.54) is 6.92 Å². The molecule has 0 bridgehead atoms. The molecular formula is C18H28N2O2. The molecule has 0 aliphatic heterocycles. The highest BCUT2D eigenvalue weighted by atomic mass is 16.2. The second-order valence-corrected chi connectivity index (χ2v) is 7.68. The Bertz CT molecular complexity index is 525. The summed E-state index contributed by atoms with van der Waals surface area (Å²) in [4.78, 5) is 23.2. The highest BCUT2D eigenvalue weighted by Gasteiger charge is 2.27. The summed E-state index contributed by atoms with van der Waals surface area (Å²) in [6.45, 7) is 12.5. The number of rotatable bonds is 5. The third kappa shape index (κ3) is 6.74. The van der Waals surface area contributed by atoms with Gasteiger partial charge in [-0.15, -0.1) is 0 Å². The molecule has 2 N–H and O–H groups in total. The Morgan fingerprint density at radius 3 is 2.00 bits per heavy atom. The van der Waals surface area contributed by atoms with Gasteiger partial charge in [0.1, 0.15) is 0 Å². The number of amides is 2. The Morgan fingerprint density at radius 2 is 1.55 bits per heavy atom. The van der Waals surface area contributed by atoms with E-state index >= 15 is 0 Å². The topological polar surface area (TPSA) is 58.2 Å². The van der Waals surface area contributed by atoms with Crippen LogP contribution >= 0.6 is 0 Å². The van der Waals surface area contributed by atoms with Crippen LogP contribution < -0.4 is 10.6 Å². The van der Waals surface area contributed by atoms with E-state index in [4.69, 9.17) is 0 Å². The van der Waals surface area contributed by atoms with E-state index < -0.39 is 0 Å². The molecular weight excluding hydrogens is 276 g/mol. The zero-order valence-corrected chi connectivity index (χ0v) is 14.5. The SMILES string of the molecule is CC(=O)NCc1ccc(C(=O)NC(C)(C)CC(C)(C)C)cc1. The lowest BCUT2D eigenvalue weighted by Crippen LogP contribution is -2.45. The summed E-state index contributed by atoms with van der Waals surface area (Å²) in [6, 6.07) is 7.31. The molecule has 1 aromatic rings. The van der Waals surface area contributed by atoms with Crippen molar-refractivity contribution in [1.82, 2.24) is 10.6 Å². The van der Waals surface area contributed by atoms with E-state index in [1.54, 1.807) is 12.1 Å². The van der Waals surface area contributed by atoms with Gasteiger partial charge in [0, 0.05) is 24.6 Å². The van der Waals surface area contributed by atoms with Crippen molar-refractivity contribution in [3.63, 3.8) is 0 Å². The molecule has 2 amide bonds. The molecule has 0 spiro atoms. The fraction of sp³-hybridized carbons (Fsp3) is 0.556. The van der Waals surface area contributed by atoms with E-state index in [2.05, 4.69) is 31.4 Å². The lowest BCUT2D eigenvalue weighted by Gasteiger charge is -2.33. The Balaban J connectivity index is 2.68. The third-order valence-electron chi connectivity index (χ3n) is 3.18. The van der Waals surface area contributed by atoms with E-state index in [9.17, 15) is 9.59 Å². The zero-order valence-electron chi connectivity index (χ0n) is 14.5. The summed E-state index contributed by atoms with van der Waals surface area (Å²) >= 11 is 0. The molecule has 0 fully saturated rings. The highest BCUT2D eigenvalue weighted by molar-refractivity contribution is 5.94. The maximum atomic E-state index is 12.3. The number of hydrogen-bond donors (Lipinski definition) is 2. The second-order valence-electron chi connectivity index (χ2n) is 7.68. The summed E-state index contributed by atoms with van der Waals surface area (Å²) < 4.78 is 0. The molecule has 1 rings (SSSR count). The van der Waals surface area contributed by atoms with Crippen LogP contribution in [0.4, 0.5) is 0 Å². The molecule has 0 saturated carbocycles. The number of carbonyl (C=O) groups is 2. The number of nitrogens with one attached hydrogen (secondary N) is 2. The van der Waals surface area contributed by atoms with Gasteiger partial charge in [-0.05, 0) is 43.4 Å². The highest BCUT2D eigenvalue weighted by Crippen LogP contribution is 2.27. The first-order valence-corrected chi connectivity index (χ1v) is 7.64. The molecule has 0 aliphatic carbocycles. The van der Waals surface area contributed by atoms with Gasteiger partial charge in [-0.3, -0.25) is 9.59 Å². The predicted octanol–water partition coefficient (Wildman–Crippen LogP) is 3.27. The fourth-order valence-corrected chi connectivity index (χ4v) is 2.75. The largest absolute Gasteiger partial charge is 0.352 e. The summed E-state index contributed by atoms with van der Waals surface area (Å²) in [5.41, 5.74) is 1.50. The molecule has 0 heterocycles. The van der Waals surface area contributed by atoms with E-state index in [0.717, 1.165) is 12.0 Å². The minimum Gasteiger partial charge on any atom is -0.352 e. The van der Waals surface area contributed by atoms with Gasteiger partial charge < -0.3 is 10.6 Å². The Labute approximate surface area is 133 Å². The van der Waals surface area contributed by atoms with Crippen molar-refractivity contribution >= 4 is 11.8 Å². The Hall–Kier alpha value is -1.84. The molecule has 122 valence electrons.